The van der Waals surface area contributed by atoms with E-state index in [0.29, 0.717) is 25.0 Å². The van der Waals surface area contributed by atoms with Gasteiger partial charge in [0, 0.05) is 11.6 Å². The average molecular weight is 418 g/mol. The van der Waals surface area contributed by atoms with Gasteiger partial charge in [-0.05, 0) is 91.5 Å². The maximum atomic E-state index is 14.3. The van der Waals surface area contributed by atoms with Gasteiger partial charge in [0.25, 0.3) is 0 Å². The van der Waals surface area contributed by atoms with Crippen molar-refractivity contribution >= 4 is 9.84 Å². The highest BCUT2D eigenvalue weighted by atomic mass is 32.2. The second-order valence-corrected chi connectivity index (χ2v) is 10.8. The van der Waals surface area contributed by atoms with Gasteiger partial charge in [-0.1, -0.05) is 6.07 Å². The lowest BCUT2D eigenvalue weighted by Gasteiger charge is -2.23. The van der Waals surface area contributed by atoms with Crippen LogP contribution in [0.1, 0.15) is 47.6 Å². The zero-order valence-electron chi connectivity index (χ0n) is 17.0. The van der Waals surface area contributed by atoms with Crippen LogP contribution in [0.2, 0.25) is 0 Å². The number of aryl methyl sites for hydroxylation is 2. The van der Waals surface area contributed by atoms with Crippen LogP contribution >= 0.6 is 0 Å². The summed E-state index contributed by atoms with van der Waals surface area (Å²) in [6.45, 7) is 4.63. The molecule has 1 heterocycles. The highest BCUT2D eigenvalue weighted by molar-refractivity contribution is 7.91. The van der Waals surface area contributed by atoms with Gasteiger partial charge in [-0.2, -0.15) is 0 Å². The summed E-state index contributed by atoms with van der Waals surface area (Å²) in [6, 6.07) is 7.20. The minimum atomic E-state index is -2.85. The van der Waals surface area contributed by atoms with Gasteiger partial charge < -0.3 is 10.5 Å². The molecule has 0 bridgehead atoms. The smallest absolute Gasteiger partial charge is 0.150 e. The Morgan fingerprint density at radius 3 is 2.41 bits per heavy atom. The average Bonchev–Trinajstić information content (AvgIpc) is 3.05. The van der Waals surface area contributed by atoms with E-state index in [1.165, 1.54) is 6.07 Å². The Balaban J connectivity index is 1.56. The summed E-state index contributed by atoms with van der Waals surface area (Å²) >= 11 is 0. The predicted molar refractivity (Wildman–Crippen MR) is 113 cm³/mol. The van der Waals surface area contributed by atoms with E-state index < -0.39 is 9.84 Å². The van der Waals surface area contributed by atoms with Crippen LogP contribution in [0.15, 0.2) is 24.3 Å². The number of rotatable bonds is 4. The van der Waals surface area contributed by atoms with E-state index in [-0.39, 0.29) is 29.3 Å². The van der Waals surface area contributed by atoms with Crippen molar-refractivity contribution < 1.29 is 17.5 Å². The molecule has 29 heavy (non-hydrogen) atoms. The lowest BCUT2D eigenvalue weighted by Crippen LogP contribution is -2.26. The molecule has 2 aromatic carbocycles. The van der Waals surface area contributed by atoms with Crippen LogP contribution in [-0.2, 0) is 16.3 Å². The molecule has 2 aromatic rings. The van der Waals surface area contributed by atoms with E-state index in [1.807, 2.05) is 32.0 Å². The van der Waals surface area contributed by atoms with Gasteiger partial charge in [0.1, 0.15) is 21.4 Å². The van der Waals surface area contributed by atoms with E-state index in [2.05, 4.69) is 0 Å². The Kier molecular flexibility index (Phi) is 5.42. The molecular weight excluding hydrogens is 389 g/mol. The highest BCUT2D eigenvalue weighted by Gasteiger charge is 2.27. The molecule has 1 fully saturated rings. The first-order chi connectivity index (χ1) is 13.7. The van der Waals surface area contributed by atoms with Crippen LogP contribution in [0.5, 0.6) is 5.75 Å². The van der Waals surface area contributed by atoms with Gasteiger partial charge in [0.2, 0.25) is 0 Å². The van der Waals surface area contributed by atoms with E-state index >= 15 is 0 Å². The Labute approximate surface area is 172 Å². The van der Waals surface area contributed by atoms with Gasteiger partial charge >= 0.3 is 0 Å². The number of sulfone groups is 1. The second kappa shape index (κ2) is 7.73. The minimum absolute atomic E-state index is 0.210. The highest BCUT2D eigenvalue weighted by Crippen LogP contribution is 2.41. The number of fused-ring (bicyclic) bond motifs is 1. The first kappa shape index (κ1) is 20.4. The first-order valence-corrected chi connectivity index (χ1v) is 12.1. The summed E-state index contributed by atoms with van der Waals surface area (Å²) < 4.78 is 43.5. The van der Waals surface area contributed by atoms with E-state index in [1.54, 1.807) is 0 Å². The molecule has 0 radical (unpaired) electrons. The molecule has 1 saturated heterocycles. The molecule has 4 nitrogen and oxygen atoms in total. The molecule has 0 aromatic heterocycles. The monoisotopic (exact) mass is 417 g/mol. The molecule has 1 aliphatic heterocycles. The largest absolute Gasteiger partial charge is 0.493 e. The Morgan fingerprint density at radius 2 is 1.76 bits per heavy atom. The third-order valence-electron chi connectivity index (χ3n) is 6.32. The van der Waals surface area contributed by atoms with Crippen molar-refractivity contribution in [1.82, 2.24) is 0 Å². The number of ether oxygens (including phenoxy) is 1. The molecule has 0 amide bonds. The van der Waals surface area contributed by atoms with Crippen molar-refractivity contribution in [3.05, 3.63) is 52.3 Å². The Morgan fingerprint density at radius 1 is 1.10 bits per heavy atom. The van der Waals surface area contributed by atoms with Gasteiger partial charge in [-0.15, -0.1) is 0 Å². The van der Waals surface area contributed by atoms with Gasteiger partial charge in [0.15, 0.2) is 0 Å². The van der Waals surface area contributed by atoms with Crippen LogP contribution in [0.3, 0.4) is 0 Å². The standard InChI is InChI=1S/C23H28FNO3S/c1-14-11-17(28-13-16-7-9-29(26,27)10-8-16)12-15(2)22(14)18-3-5-20(24)23-19(18)4-6-21(23)25/h3,5,11-12,16,21H,4,6-10,13,25H2,1-2H3/t21-/m1/s1. The Hall–Kier alpha value is -1.92. The van der Waals surface area contributed by atoms with Crippen molar-refractivity contribution in [2.24, 2.45) is 11.7 Å². The molecule has 156 valence electrons. The maximum Gasteiger partial charge on any atom is 0.150 e. The van der Waals surface area contributed by atoms with Gasteiger partial charge in [0.05, 0.1) is 18.1 Å². The zero-order chi connectivity index (χ0) is 20.8. The second-order valence-electron chi connectivity index (χ2n) is 8.47. The van der Waals surface area contributed by atoms with Crippen LogP contribution in [-0.4, -0.2) is 26.5 Å². The fourth-order valence-corrected chi connectivity index (χ4v) is 6.33. The molecule has 0 saturated carbocycles. The molecular formula is C23H28FNO3S. The molecule has 0 spiro atoms. The van der Waals surface area contributed by atoms with Crippen molar-refractivity contribution in [1.29, 1.82) is 0 Å². The quantitative estimate of drug-likeness (QED) is 0.807. The maximum absolute atomic E-state index is 14.3. The first-order valence-electron chi connectivity index (χ1n) is 10.3. The number of benzene rings is 2. The third kappa shape index (κ3) is 4.05. The lowest BCUT2D eigenvalue weighted by molar-refractivity contribution is 0.238. The molecule has 1 atom stereocenters. The van der Waals surface area contributed by atoms with Crippen LogP contribution in [0.4, 0.5) is 4.39 Å². The summed E-state index contributed by atoms with van der Waals surface area (Å²) in [5, 5.41) is 0. The summed E-state index contributed by atoms with van der Waals surface area (Å²) in [7, 11) is -2.85. The molecule has 1 aliphatic carbocycles. The van der Waals surface area contributed by atoms with Crippen molar-refractivity contribution in [2.75, 3.05) is 18.1 Å². The number of hydrogen-bond acceptors (Lipinski definition) is 4. The summed E-state index contributed by atoms with van der Waals surface area (Å²) in [5.41, 5.74) is 12.2. The lowest BCUT2D eigenvalue weighted by atomic mass is 9.90. The summed E-state index contributed by atoms with van der Waals surface area (Å²) in [6.07, 6.45) is 2.91. The van der Waals surface area contributed by atoms with Crippen molar-refractivity contribution in [3.8, 4) is 16.9 Å². The summed E-state index contributed by atoms with van der Waals surface area (Å²) in [5.74, 6) is 1.39. The molecule has 2 aliphatic rings. The predicted octanol–water partition coefficient (Wildman–Crippen LogP) is 4.26. The van der Waals surface area contributed by atoms with Gasteiger partial charge in [-0.25, -0.2) is 12.8 Å². The van der Waals surface area contributed by atoms with E-state index in [4.69, 9.17) is 10.5 Å². The minimum Gasteiger partial charge on any atom is -0.493 e. The van der Waals surface area contributed by atoms with E-state index in [9.17, 15) is 12.8 Å². The zero-order valence-corrected chi connectivity index (χ0v) is 17.8. The number of nitrogens with two attached hydrogens (primary N) is 1. The number of halogens is 1. The van der Waals surface area contributed by atoms with Crippen molar-refractivity contribution in [2.45, 2.75) is 45.6 Å². The van der Waals surface area contributed by atoms with Crippen LogP contribution < -0.4 is 10.5 Å². The van der Waals surface area contributed by atoms with Crippen LogP contribution in [0, 0.1) is 25.6 Å². The molecule has 0 unspecified atom stereocenters. The van der Waals surface area contributed by atoms with Crippen LogP contribution in [0.25, 0.3) is 11.1 Å². The molecule has 4 rings (SSSR count). The van der Waals surface area contributed by atoms with Crippen molar-refractivity contribution in [3.63, 3.8) is 0 Å². The topological polar surface area (TPSA) is 69.4 Å². The third-order valence-corrected chi connectivity index (χ3v) is 8.03. The fourth-order valence-electron chi connectivity index (χ4n) is 4.74. The Bertz CT molecular complexity index is 1010. The van der Waals surface area contributed by atoms with Gasteiger partial charge in [-0.3, -0.25) is 0 Å². The molecule has 2 N–H and O–H groups in total. The van der Waals surface area contributed by atoms with E-state index in [0.717, 1.165) is 46.4 Å². The SMILES string of the molecule is Cc1cc(OCC2CCS(=O)(=O)CC2)cc(C)c1-c1ccc(F)c2c1CC[C@H]2N. The normalized spacial score (nSPS) is 21.2. The fraction of sp³-hybridized carbons (Fsp3) is 0.478. The number of hydrogen-bond donors (Lipinski definition) is 1. The molecule has 6 heteroatoms. The summed E-state index contributed by atoms with van der Waals surface area (Å²) in [4.78, 5) is 0.